The molecule has 1 aromatic carbocycles. The van der Waals surface area contributed by atoms with Crippen LogP contribution in [-0.2, 0) is 11.3 Å². The highest BCUT2D eigenvalue weighted by Crippen LogP contribution is 2.19. The number of likely N-dealkylation sites (N-methyl/N-ethyl adjacent to an activating group) is 1. The Morgan fingerprint density at radius 1 is 1.29 bits per heavy atom. The number of nitrogens with one attached hydrogen (secondary N) is 1. The van der Waals surface area contributed by atoms with Gasteiger partial charge in [0, 0.05) is 52.7 Å². The van der Waals surface area contributed by atoms with Crippen molar-refractivity contribution in [2.24, 2.45) is 4.99 Å². The minimum atomic E-state index is 0.0567. The van der Waals surface area contributed by atoms with E-state index in [1.54, 1.807) is 16.7 Å². The van der Waals surface area contributed by atoms with Gasteiger partial charge in [0.1, 0.15) is 0 Å². The first-order valence-corrected chi connectivity index (χ1v) is 11.2. The molecule has 1 aliphatic rings. The predicted molar refractivity (Wildman–Crippen MR) is 119 cm³/mol. The smallest absolute Gasteiger partial charge is 0.239 e. The normalized spacial score (nSPS) is 17.6. The van der Waals surface area contributed by atoms with E-state index in [0.29, 0.717) is 0 Å². The molecule has 1 aromatic rings. The van der Waals surface area contributed by atoms with E-state index in [-0.39, 0.29) is 11.9 Å². The molecule has 1 fully saturated rings. The van der Waals surface area contributed by atoms with E-state index >= 15 is 0 Å². The molecule has 0 spiro atoms. The van der Waals surface area contributed by atoms with Crippen LogP contribution < -0.4 is 5.32 Å². The molecule has 2 rings (SSSR count). The summed E-state index contributed by atoms with van der Waals surface area (Å²) in [6.45, 7) is 3.63. The molecule has 6 nitrogen and oxygen atoms in total. The van der Waals surface area contributed by atoms with E-state index in [1.165, 1.54) is 10.5 Å². The number of aliphatic imine (C=N–C) groups is 1. The van der Waals surface area contributed by atoms with Gasteiger partial charge in [0.25, 0.3) is 0 Å². The monoisotopic (exact) mass is 405 g/mol. The van der Waals surface area contributed by atoms with Crippen LogP contribution in [0.4, 0.5) is 0 Å². The lowest BCUT2D eigenvalue weighted by atomic mass is 10.2. The summed E-state index contributed by atoms with van der Waals surface area (Å²) >= 11 is 1.76. The lowest BCUT2D eigenvalue weighted by Crippen LogP contribution is -2.44. The van der Waals surface area contributed by atoms with E-state index in [4.69, 9.17) is 0 Å². The maximum absolute atomic E-state index is 12.3. The molecule has 28 heavy (non-hydrogen) atoms. The van der Waals surface area contributed by atoms with E-state index in [1.807, 2.05) is 21.1 Å². The highest BCUT2D eigenvalue weighted by molar-refractivity contribution is 7.98. The van der Waals surface area contributed by atoms with Gasteiger partial charge in [-0.25, -0.2) is 0 Å². The first-order chi connectivity index (χ1) is 13.5. The fraction of sp³-hybridized carbons (Fsp3) is 0.619. The maximum atomic E-state index is 12.3. The summed E-state index contributed by atoms with van der Waals surface area (Å²) in [7, 11) is 7.57. The second-order valence-electron chi connectivity index (χ2n) is 7.46. The van der Waals surface area contributed by atoms with Crippen molar-refractivity contribution in [3.63, 3.8) is 0 Å². The molecular weight excluding hydrogens is 370 g/mol. The average Bonchev–Trinajstić information content (AvgIpc) is 3.16. The Morgan fingerprint density at radius 2 is 2.00 bits per heavy atom. The maximum Gasteiger partial charge on any atom is 0.239 e. The van der Waals surface area contributed by atoms with Crippen LogP contribution in [0.1, 0.15) is 24.8 Å². The van der Waals surface area contributed by atoms with Crippen LogP contribution in [0.15, 0.2) is 34.2 Å². The third-order valence-electron chi connectivity index (χ3n) is 5.15. The number of hydrogen-bond donors (Lipinski definition) is 1. The lowest BCUT2D eigenvalue weighted by Gasteiger charge is -2.26. The number of hydrogen-bond acceptors (Lipinski definition) is 4. The van der Waals surface area contributed by atoms with Crippen LogP contribution in [0.5, 0.6) is 0 Å². The molecular formula is C21H35N5OS. The molecule has 1 N–H and O–H groups in total. The molecule has 7 heteroatoms. The van der Waals surface area contributed by atoms with Crippen molar-refractivity contribution in [2.75, 3.05) is 54.1 Å². The number of amides is 1. The summed E-state index contributed by atoms with van der Waals surface area (Å²) in [6.07, 6.45) is 5.17. The third kappa shape index (κ3) is 6.41. The van der Waals surface area contributed by atoms with Crippen molar-refractivity contribution in [1.82, 2.24) is 20.0 Å². The topological polar surface area (TPSA) is 51.2 Å². The number of carbonyl (C=O) groups is 1. The number of nitrogens with zero attached hydrogens (tertiary/aromatic N) is 4. The quantitative estimate of drug-likeness (QED) is 0.311. The number of guanidine groups is 1. The highest BCUT2D eigenvalue weighted by atomic mass is 32.2. The summed E-state index contributed by atoms with van der Waals surface area (Å²) in [4.78, 5) is 24.1. The molecule has 0 saturated carbocycles. The molecule has 1 saturated heterocycles. The van der Waals surface area contributed by atoms with E-state index in [9.17, 15) is 4.79 Å². The lowest BCUT2D eigenvalue weighted by molar-refractivity contribution is -0.133. The molecule has 0 radical (unpaired) electrons. The highest BCUT2D eigenvalue weighted by Gasteiger charge is 2.30. The third-order valence-corrected chi connectivity index (χ3v) is 5.89. The molecule has 156 valence electrons. The molecule has 1 amide bonds. The van der Waals surface area contributed by atoms with Gasteiger partial charge in [0.05, 0.1) is 6.04 Å². The number of carbonyl (C=O) groups excluding carboxylic acids is 1. The Labute approximate surface area is 174 Å². The summed E-state index contributed by atoms with van der Waals surface area (Å²) in [5, 5.41) is 3.45. The van der Waals surface area contributed by atoms with E-state index in [0.717, 1.165) is 51.4 Å². The summed E-state index contributed by atoms with van der Waals surface area (Å²) in [5.41, 5.74) is 1.27. The fourth-order valence-electron chi connectivity index (χ4n) is 3.62. The Hall–Kier alpha value is -1.73. The van der Waals surface area contributed by atoms with Crippen LogP contribution in [-0.4, -0.2) is 86.7 Å². The van der Waals surface area contributed by atoms with Gasteiger partial charge in [0.2, 0.25) is 5.91 Å². The minimum Gasteiger partial charge on any atom is -0.356 e. The van der Waals surface area contributed by atoms with Crippen molar-refractivity contribution < 1.29 is 4.79 Å². The van der Waals surface area contributed by atoms with Crippen LogP contribution in [0, 0.1) is 0 Å². The van der Waals surface area contributed by atoms with Gasteiger partial charge in [-0.3, -0.25) is 14.7 Å². The second kappa shape index (κ2) is 11.3. The van der Waals surface area contributed by atoms with Gasteiger partial charge in [0.15, 0.2) is 5.96 Å². The Kier molecular flexibility index (Phi) is 9.12. The Morgan fingerprint density at radius 3 is 2.61 bits per heavy atom. The van der Waals surface area contributed by atoms with Crippen LogP contribution >= 0.6 is 11.8 Å². The number of rotatable bonds is 8. The van der Waals surface area contributed by atoms with Gasteiger partial charge < -0.3 is 15.1 Å². The zero-order valence-electron chi connectivity index (χ0n) is 17.9. The van der Waals surface area contributed by atoms with Crippen molar-refractivity contribution in [3.8, 4) is 0 Å². The molecule has 0 aromatic heterocycles. The van der Waals surface area contributed by atoms with Crippen molar-refractivity contribution in [2.45, 2.75) is 36.7 Å². The molecule has 1 heterocycles. The first kappa shape index (κ1) is 22.6. The van der Waals surface area contributed by atoms with Crippen molar-refractivity contribution in [1.29, 1.82) is 0 Å². The largest absolute Gasteiger partial charge is 0.356 e. The molecule has 0 bridgehead atoms. The molecule has 1 atom stereocenters. The standard InChI is InChI=1S/C21H35N5OS/c1-22-21(25(4)16-17-9-11-18(28-5)12-10-17)23-13-7-15-26-14-6-8-19(26)20(27)24(2)3/h9-12,19H,6-8,13-16H2,1-5H3,(H,22,23). The van der Waals surface area contributed by atoms with E-state index < -0.39 is 0 Å². The average molecular weight is 406 g/mol. The summed E-state index contributed by atoms with van der Waals surface area (Å²) < 4.78 is 0. The molecule has 0 aliphatic carbocycles. The Bertz CT molecular complexity index is 647. The molecule has 1 unspecified atom stereocenters. The zero-order chi connectivity index (χ0) is 20.5. The van der Waals surface area contributed by atoms with Gasteiger partial charge in [-0.05, 0) is 49.8 Å². The van der Waals surface area contributed by atoms with Gasteiger partial charge in [-0.15, -0.1) is 11.8 Å². The van der Waals surface area contributed by atoms with Gasteiger partial charge >= 0.3 is 0 Å². The van der Waals surface area contributed by atoms with E-state index in [2.05, 4.69) is 57.7 Å². The number of likely N-dealkylation sites (tertiary alicyclic amines) is 1. The summed E-state index contributed by atoms with van der Waals surface area (Å²) in [5.74, 6) is 1.13. The zero-order valence-corrected chi connectivity index (χ0v) is 18.8. The second-order valence-corrected chi connectivity index (χ2v) is 8.34. The fourth-order valence-corrected chi connectivity index (χ4v) is 4.03. The number of benzene rings is 1. The Balaban J connectivity index is 1.76. The van der Waals surface area contributed by atoms with Gasteiger partial charge in [-0.2, -0.15) is 0 Å². The van der Waals surface area contributed by atoms with Crippen LogP contribution in [0.3, 0.4) is 0 Å². The molecule has 1 aliphatic heterocycles. The SMILES string of the molecule is CN=C(NCCCN1CCCC1C(=O)N(C)C)N(C)Cc1ccc(SC)cc1. The summed E-state index contributed by atoms with van der Waals surface area (Å²) in [6, 6.07) is 8.72. The minimum absolute atomic E-state index is 0.0567. The number of thioether (sulfide) groups is 1. The van der Waals surface area contributed by atoms with Crippen LogP contribution in [0.2, 0.25) is 0 Å². The van der Waals surface area contributed by atoms with Crippen LogP contribution in [0.25, 0.3) is 0 Å². The van der Waals surface area contributed by atoms with Crippen molar-refractivity contribution in [3.05, 3.63) is 29.8 Å². The first-order valence-electron chi connectivity index (χ1n) is 9.96. The predicted octanol–water partition coefficient (Wildman–Crippen LogP) is 2.36. The van der Waals surface area contributed by atoms with Crippen molar-refractivity contribution >= 4 is 23.6 Å². The van der Waals surface area contributed by atoms with Gasteiger partial charge in [-0.1, -0.05) is 12.1 Å².